The smallest absolute Gasteiger partial charge is 0.337 e. The molecule has 1 aliphatic carbocycles. The first-order chi connectivity index (χ1) is 13.2. The fraction of sp³-hybridized carbons (Fsp3) is 0.318. The minimum absolute atomic E-state index is 0.116. The number of benzene rings is 2. The van der Waals surface area contributed by atoms with Crippen LogP contribution in [0.2, 0.25) is 0 Å². The molecule has 1 N–H and O–H groups in total. The quantitative estimate of drug-likeness (QED) is 0.646. The monoisotopic (exact) mass is 365 g/mol. The Morgan fingerprint density at radius 2 is 1.70 bits per heavy atom. The van der Waals surface area contributed by atoms with E-state index in [1.807, 2.05) is 36.4 Å². The molecule has 0 saturated carbocycles. The van der Waals surface area contributed by atoms with Crippen molar-refractivity contribution in [3.8, 4) is 11.5 Å². The number of esters is 1. The van der Waals surface area contributed by atoms with Gasteiger partial charge in [-0.05, 0) is 42.2 Å². The SMILES string of the molecule is COC(=O)c1ccc([C@@H]2Nc3c(OC)ccc(OC)c3[C@@H]3C=CC[C@@H]32)cc1. The van der Waals surface area contributed by atoms with Gasteiger partial charge in [-0.1, -0.05) is 24.3 Å². The van der Waals surface area contributed by atoms with E-state index in [4.69, 9.17) is 14.2 Å². The van der Waals surface area contributed by atoms with E-state index in [-0.39, 0.29) is 17.9 Å². The maximum atomic E-state index is 11.7. The van der Waals surface area contributed by atoms with Gasteiger partial charge in [0, 0.05) is 11.5 Å². The van der Waals surface area contributed by atoms with Crippen LogP contribution in [0.15, 0.2) is 48.6 Å². The molecular weight excluding hydrogens is 342 g/mol. The van der Waals surface area contributed by atoms with Crippen molar-refractivity contribution >= 4 is 11.7 Å². The molecule has 5 nitrogen and oxygen atoms in total. The molecule has 0 aromatic heterocycles. The number of carbonyl (C=O) groups is 1. The molecule has 1 aliphatic heterocycles. The number of methoxy groups -OCH3 is 3. The van der Waals surface area contributed by atoms with E-state index >= 15 is 0 Å². The first-order valence-corrected chi connectivity index (χ1v) is 9.04. The summed E-state index contributed by atoms with van der Waals surface area (Å²) < 4.78 is 16.0. The van der Waals surface area contributed by atoms with Crippen LogP contribution >= 0.6 is 0 Å². The van der Waals surface area contributed by atoms with Gasteiger partial charge in [-0.3, -0.25) is 0 Å². The molecule has 2 aromatic carbocycles. The largest absolute Gasteiger partial charge is 0.496 e. The molecule has 1 heterocycles. The molecule has 0 saturated heterocycles. The number of hydrogen-bond acceptors (Lipinski definition) is 5. The van der Waals surface area contributed by atoms with Gasteiger partial charge in [-0.25, -0.2) is 4.79 Å². The Morgan fingerprint density at radius 3 is 2.37 bits per heavy atom. The van der Waals surface area contributed by atoms with Crippen LogP contribution in [0.1, 0.15) is 39.9 Å². The average molecular weight is 365 g/mol. The summed E-state index contributed by atoms with van der Waals surface area (Å²) in [6, 6.07) is 11.6. The fourth-order valence-corrected chi connectivity index (χ4v) is 4.27. The standard InChI is InChI=1S/C22H23NO4/c1-25-17-11-12-18(26-2)21-19(17)15-5-4-6-16(15)20(23-21)13-7-9-14(10-8-13)22(24)27-3/h4-5,7-12,15-16,20,23H,6H2,1-3H3/t15-,16+,20+/m1/s1. The second-order valence-corrected chi connectivity index (χ2v) is 6.85. The van der Waals surface area contributed by atoms with Crippen molar-refractivity contribution in [3.63, 3.8) is 0 Å². The van der Waals surface area contributed by atoms with Crippen LogP contribution in [0.4, 0.5) is 5.69 Å². The lowest BCUT2D eigenvalue weighted by molar-refractivity contribution is 0.0600. The van der Waals surface area contributed by atoms with Crippen LogP contribution in [0.25, 0.3) is 0 Å². The number of nitrogens with one attached hydrogen (secondary N) is 1. The Balaban J connectivity index is 1.76. The molecule has 2 aliphatic rings. The maximum Gasteiger partial charge on any atom is 0.337 e. The van der Waals surface area contributed by atoms with Crippen molar-refractivity contribution in [2.75, 3.05) is 26.6 Å². The molecule has 0 spiro atoms. The number of hydrogen-bond donors (Lipinski definition) is 1. The highest BCUT2D eigenvalue weighted by molar-refractivity contribution is 5.89. The predicted octanol–water partition coefficient (Wildman–Crippen LogP) is 4.32. The third-order valence-electron chi connectivity index (χ3n) is 5.57. The lowest BCUT2D eigenvalue weighted by Crippen LogP contribution is -2.29. The molecule has 0 unspecified atom stereocenters. The zero-order valence-electron chi connectivity index (χ0n) is 15.7. The summed E-state index contributed by atoms with van der Waals surface area (Å²) in [4.78, 5) is 11.7. The van der Waals surface area contributed by atoms with E-state index in [2.05, 4.69) is 17.5 Å². The van der Waals surface area contributed by atoms with E-state index in [0.29, 0.717) is 11.5 Å². The van der Waals surface area contributed by atoms with E-state index < -0.39 is 0 Å². The van der Waals surface area contributed by atoms with Gasteiger partial charge in [0.05, 0.1) is 38.6 Å². The predicted molar refractivity (Wildman–Crippen MR) is 104 cm³/mol. The van der Waals surface area contributed by atoms with Crippen LogP contribution in [-0.2, 0) is 4.74 Å². The van der Waals surface area contributed by atoms with E-state index in [1.165, 1.54) is 7.11 Å². The fourth-order valence-electron chi connectivity index (χ4n) is 4.27. The van der Waals surface area contributed by atoms with Gasteiger partial charge in [-0.15, -0.1) is 0 Å². The summed E-state index contributed by atoms with van der Waals surface area (Å²) in [6.07, 6.45) is 5.49. The van der Waals surface area contributed by atoms with Crippen LogP contribution in [0.5, 0.6) is 11.5 Å². The van der Waals surface area contributed by atoms with Crippen molar-refractivity contribution < 1.29 is 19.0 Å². The summed E-state index contributed by atoms with van der Waals surface area (Å²) in [6.45, 7) is 0. The highest BCUT2D eigenvalue weighted by Crippen LogP contribution is 2.55. The van der Waals surface area contributed by atoms with Crippen molar-refractivity contribution in [1.82, 2.24) is 0 Å². The summed E-state index contributed by atoms with van der Waals surface area (Å²) in [5.74, 6) is 1.99. The van der Waals surface area contributed by atoms with Gasteiger partial charge in [0.15, 0.2) is 0 Å². The first kappa shape index (κ1) is 17.5. The number of fused-ring (bicyclic) bond motifs is 3. The van der Waals surface area contributed by atoms with Crippen molar-refractivity contribution in [2.45, 2.75) is 18.4 Å². The zero-order valence-corrected chi connectivity index (χ0v) is 15.7. The van der Waals surface area contributed by atoms with Crippen molar-refractivity contribution in [3.05, 3.63) is 65.2 Å². The molecular formula is C22H23NO4. The van der Waals surface area contributed by atoms with Gasteiger partial charge in [0.2, 0.25) is 0 Å². The molecule has 3 atom stereocenters. The van der Waals surface area contributed by atoms with Crippen molar-refractivity contribution in [1.29, 1.82) is 0 Å². The summed E-state index contributed by atoms with van der Waals surface area (Å²) in [5.41, 5.74) is 3.82. The normalized spacial score (nSPS) is 22.4. The second-order valence-electron chi connectivity index (χ2n) is 6.85. The lowest BCUT2D eigenvalue weighted by Gasteiger charge is -2.38. The van der Waals surface area contributed by atoms with Crippen LogP contribution in [-0.4, -0.2) is 27.3 Å². The van der Waals surface area contributed by atoms with Gasteiger partial charge in [0.25, 0.3) is 0 Å². The number of allylic oxidation sites excluding steroid dienone is 2. The number of ether oxygens (including phenoxy) is 3. The van der Waals surface area contributed by atoms with Gasteiger partial charge < -0.3 is 19.5 Å². The summed E-state index contributed by atoms with van der Waals surface area (Å²) in [5, 5.41) is 3.68. The number of carbonyl (C=O) groups excluding carboxylic acids is 1. The summed E-state index contributed by atoms with van der Waals surface area (Å²) in [7, 11) is 4.78. The molecule has 140 valence electrons. The molecule has 2 aromatic rings. The van der Waals surface area contributed by atoms with Crippen molar-refractivity contribution in [2.24, 2.45) is 5.92 Å². The highest BCUT2D eigenvalue weighted by atomic mass is 16.5. The van der Waals surface area contributed by atoms with E-state index in [9.17, 15) is 4.79 Å². The van der Waals surface area contributed by atoms with E-state index in [0.717, 1.165) is 34.7 Å². The minimum atomic E-state index is -0.324. The van der Waals surface area contributed by atoms with Crippen LogP contribution in [0, 0.1) is 5.92 Å². The minimum Gasteiger partial charge on any atom is -0.496 e. The van der Waals surface area contributed by atoms with Crippen LogP contribution in [0.3, 0.4) is 0 Å². The topological polar surface area (TPSA) is 56.8 Å². The Kier molecular flexibility index (Phi) is 4.52. The second kappa shape index (κ2) is 6.99. The number of anilines is 1. The van der Waals surface area contributed by atoms with Gasteiger partial charge in [-0.2, -0.15) is 0 Å². The lowest BCUT2D eigenvalue weighted by atomic mass is 9.76. The molecule has 0 amide bonds. The molecule has 27 heavy (non-hydrogen) atoms. The third kappa shape index (κ3) is 2.83. The highest BCUT2D eigenvalue weighted by Gasteiger charge is 2.40. The number of rotatable bonds is 4. The Morgan fingerprint density at radius 1 is 1.00 bits per heavy atom. The van der Waals surface area contributed by atoms with Gasteiger partial charge in [0.1, 0.15) is 11.5 Å². The Bertz CT molecular complexity index is 888. The third-order valence-corrected chi connectivity index (χ3v) is 5.57. The zero-order chi connectivity index (χ0) is 19.0. The Hall–Kier alpha value is -2.95. The van der Waals surface area contributed by atoms with E-state index in [1.54, 1.807) is 14.2 Å². The molecule has 0 fully saturated rings. The Labute approximate surface area is 158 Å². The summed E-state index contributed by atoms with van der Waals surface area (Å²) >= 11 is 0. The molecule has 5 heteroatoms. The van der Waals surface area contributed by atoms with Crippen LogP contribution < -0.4 is 14.8 Å². The molecule has 4 rings (SSSR count). The molecule has 0 bridgehead atoms. The average Bonchev–Trinajstić information content (AvgIpc) is 3.21. The first-order valence-electron chi connectivity index (χ1n) is 9.04. The maximum absolute atomic E-state index is 11.7. The molecule has 0 radical (unpaired) electrons. The van der Waals surface area contributed by atoms with Gasteiger partial charge >= 0.3 is 5.97 Å².